The molecule has 5 heteroatoms. The van der Waals surface area contributed by atoms with Crippen molar-refractivity contribution in [2.24, 2.45) is 0 Å². The smallest absolute Gasteiger partial charge is 0.254 e. The molecule has 98 valence electrons. The number of aliphatic hydroxyl groups excluding tert-OH is 1. The van der Waals surface area contributed by atoms with E-state index in [-0.39, 0.29) is 12.5 Å². The van der Waals surface area contributed by atoms with Gasteiger partial charge in [-0.25, -0.2) is 0 Å². The van der Waals surface area contributed by atoms with Crippen LogP contribution in [0.25, 0.3) is 0 Å². The fraction of sp³-hybridized carbons (Fsp3) is 0.462. The van der Waals surface area contributed by atoms with Crippen molar-refractivity contribution in [2.45, 2.75) is 6.42 Å². The number of amides is 1. The monoisotopic (exact) mass is 251 g/mol. The number of aliphatic hydroxyl groups is 1. The Labute approximate surface area is 106 Å². The zero-order valence-electron chi connectivity index (χ0n) is 10.6. The van der Waals surface area contributed by atoms with Crippen LogP contribution in [0.5, 0.6) is 11.5 Å². The molecule has 5 nitrogen and oxygen atoms in total. The van der Waals surface area contributed by atoms with Gasteiger partial charge in [-0.3, -0.25) is 4.79 Å². The van der Waals surface area contributed by atoms with E-state index in [0.29, 0.717) is 30.2 Å². The van der Waals surface area contributed by atoms with Gasteiger partial charge in [0.1, 0.15) is 11.5 Å². The van der Waals surface area contributed by atoms with Crippen LogP contribution in [0.1, 0.15) is 15.9 Å². The Kier molecular flexibility index (Phi) is 3.72. The summed E-state index contributed by atoms with van der Waals surface area (Å²) < 4.78 is 10.5. The third-order valence-corrected chi connectivity index (χ3v) is 3.16. The van der Waals surface area contributed by atoms with Crippen LogP contribution in [-0.2, 0) is 6.42 Å². The molecule has 0 aliphatic carbocycles. The van der Waals surface area contributed by atoms with Gasteiger partial charge in [0.25, 0.3) is 5.91 Å². The first-order valence-corrected chi connectivity index (χ1v) is 5.86. The fourth-order valence-electron chi connectivity index (χ4n) is 2.22. The second kappa shape index (κ2) is 5.27. The van der Waals surface area contributed by atoms with Crippen LogP contribution in [0.4, 0.5) is 0 Å². The van der Waals surface area contributed by atoms with E-state index < -0.39 is 0 Å². The molecular weight excluding hydrogens is 234 g/mol. The summed E-state index contributed by atoms with van der Waals surface area (Å²) in [5.74, 6) is 1.20. The molecule has 0 bridgehead atoms. The topological polar surface area (TPSA) is 59.0 Å². The minimum absolute atomic E-state index is 0.0256. The molecule has 0 aromatic heterocycles. The normalized spacial score (nSPS) is 14.4. The minimum Gasteiger partial charge on any atom is -0.497 e. The van der Waals surface area contributed by atoms with E-state index in [1.54, 1.807) is 31.3 Å². The maximum absolute atomic E-state index is 12.2. The molecule has 0 atom stereocenters. The number of carbonyl (C=O) groups excluding carboxylic acids is 1. The van der Waals surface area contributed by atoms with Gasteiger partial charge in [0.05, 0.1) is 26.4 Å². The van der Waals surface area contributed by atoms with E-state index in [9.17, 15) is 4.79 Å². The van der Waals surface area contributed by atoms with Gasteiger partial charge in [-0.1, -0.05) is 0 Å². The van der Waals surface area contributed by atoms with Crippen molar-refractivity contribution in [3.63, 3.8) is 0 Å². The average Bonchev–Trinajstić information content (AvgIpc) is 2.41. The molecule has 1 aromatic carbocycles. The number of benzene rings is 1. The van der Waals surface area contributed by atoms with Gasteiger partial charge in [0.2, 0.25) is 0 Å². The number of fused-ring (bicyclic) bond motifs is 1. The Morgan fingerprint density at radius 1 is 1.33 bits per heavy atom. The summed E-state index contributed by atoms with van der Waals surface area (Å²) in [7, 11) is 3.14. The van der Waals surface area contributed by atoms with Crippen LogP contribution >= 0.6 is 0 Å². The lowest BCUT2D eigenvalue weighted by Gasteiger charge is -2.29. The van der Waals surface area contributed by atoms with Gasteiger partial charge in [0.15, 0.2) is 0 Å². The molecule has 0 spiro atoms. The van der Waals surface area contributed by atoms with Crippen molar-refractivity contribution in [1.29, 1.82) is 0 Å². The number of methoxy groups -OCH3 is 2. The number of β-amino-alcohol motifs (C(OH)–C–C–N with tert-alkyl or cyclic N) is 1. The highest BCUT2D eigenvalue weighted by Crippen LogP contribution is 2.32. The SMILES string of the molecule is COc1cc(OC)c2c(c1)C(=O)N(CCO)CC2. The lowest BCUT2D eigenvalue weighted by atomic mass is 9.97. The first-order chi connectivity index (χ1) is 8.71. The third kappa shape index (κ3) is 2.13. The lowest BCUT2D eigenvalue weighted by molar-refractivity contribution is 0.0703. The molecule has 0 fully saturated rings. The van der Waals surface area contributed by atoms with E-state index >= 15 is 0 Å². The fourth-order valence-corrected chi connectivity index (χ4v) is 2.22. The molecule has 0 saturated carbocycles. The molecule has 18 heavy (non-hydrogen) atoms. The molecule has 1 aromatic rings. The number of rotatable bonds is 4. The van der Waals surface area contributed by atoms with Gasteiger partial charge in [-0.2, -0.15) is 0 Å². The maximum Gasteiger partial charge on any atom is 0.254 e. The molecule has 0 radical (unpaired) electrons. The summed E-state index contributed by atoms with van der Waals surface area (Å²) >= 11 is 0. The van der Waals surface area contributed by atoms with Crippen molar-refractivity contribution >= 4 is 5.91 Å². The van der Waals surface area contributed by atoms with Gasteiger partial charge >= 0.3 is 0 Å². The highest BCUT2D eigenvalue weighted by molar-refractivity contribution is 5.98. The molecule has 1 heterocycles. The summed E-state index contributed by atoms with van der Waals surface area (Å²) in [6.07, 6.45) is 0.730. The zero-order valence-corrected chi connectivity index (χ0v) is 10.6. The Morgan fingerprint density at radius 2 is 2.11 bits per heavy atom. The first kappa shape index (κ1) is 12.7. The Balaban J connectivity index is 2.43. The number of carbonyl (C=O) groups is 1. The van der Waals surface area contributed by atoms with Crippen molar-refractivity contribution in [3.05, 3.63) is 23.3 Å². The third-order valence-electron chi connectivity index (χ3n) is 3.16. The molecular formula is C13H17NO4. The molecule has 1 aliphatic heterocycles. The van der Waals surface area contributed by atoms with Gasteiger partial charge < -0.3 is 19.5 Å². The molecule has 1 aliphatic rings. The molecule has 2 rings (SSSR count). The Hall–Kier alpha value is -1.75. The van der Waals surface area contributed by atoms with Crippen LogP contribution in [0.3, 0.4) is 0 Å². The van der Waals surface area contributed by atoms with Crippen molar-refractivity contribution in [1.82, 2.24) is 4.90 Å². The van der Waals surface area contributed by atoms with Crippen molar-refractivity contribution in [2.75, 3.05) is 33.9 Å². The molecule has 0 saturated heterocycles. The summed E-state index contributed by atoms with van der Waals surface area (Å²) in [6.45, 7) is 0.940. The van der Waals surface area contributed by atoms with E-state index in [1.165, 1.54) is 0 Å². The lowest BCUT2D eigenvalue weighted by Crippen LogP contribution is -2.39. The second-order valence-corrected chi connectivity index (χ2v) is 4.12. The maximum atomic E-state index is 12.2. The van der Waals surface area contributed by atoms with Crippen LogP contribution in [0.2, 0.25) is 0 Å². The minimum atomic E-state index is -0.0810. The largest absolute Gasteiger partial charge is 0.497 e. The highest BCUT2D eigenvalue weighted by atomic mass is 16.5. The predicted molar refractivity (Wildman–Crippen MR) is 66.2 cm³/mol. The van der Waals surface area contributed by atoms with Crippen LogP contribution < -0.4 is 9.47 Å². The highest BCUT2D eigenvalue weighted by Gasteiger charge is 2.27. The van der Waals surface area contributed by atoms with Gasteiger partial charge in [-0.05, 0) is 12.5 Å². The molecule has 1 amide bonds. The summed E-state index contributed by atoms with van der Waals surface area (Å²) in [5.41, 5.74) is 1.52. The van der Waals surface area contributed by atoms with E-state index in [1.807, 2.05) is 0 Å². The van der Waals surface area contributed by atoms with E-state index in [4.69, 9.17) is 14.6 Å². The van der Waals surface area contributed by atoms with Crippen molar-refractivity contribution < 1.29 is 19.4 Å². The standard InChI is InChI=1S/C13H17NO4/c1-17-9-7-11-10(12(8-9)18-2)3-4-14(5-6-15)13(11)16/h7-8,15H,3-6H2,1-2H3. The van der Waals surface area contributed by atoms with Crippen LogP contribution in [0.15, 0.2) is 12.1 Å². The Bertz CT molecular complexity index is 459. The summed E-state index contributed by atoms with van der Waals surface area (Å²) in [4.78, 5) is 13.9. The van der Waals surface area contributed by atoms with E-state index in [0.717, 1.165) is 12.0 Å². The zero-order chi connectivity index (χ0) is 13.1. The van der Waals surface area contributed by atoms with Crippen LogP contribution in [0, 0.1) is 0 Å². The summed E-state index contributed by atoms with van der Waals surface area (Å²) in [5, 5.41) is 8.94. The number of ether oxygens (including phenoxy) is 2. The van der Waals surface area contributed by atoms with Crippen LogP contribution in [-0.4, -0.2) is 49.8 Å². The van der Waals surface area contributed by atoms with Gasteiger partial charge in [-0.15, -0.1) is 0 Å². The Morgan fingerprint density at radius 3 is 2.72 bits per heavy atom. The predicted octanol–water partition coefficient (Wildman–Crippen LogP) is 0.694. The van der Waals surface area contributed by atoms with Crippen molar-refractivity contribution in [3.8, 4) is 11.5 Å². The number of hydrogen-bond acceptors (Lipinski definition) is 4. The van der Waals surface area contributed by atoms with E-state index in [2.05, 4.69) is 0 Å². The number of nitrogens with zero attached hydrogens (tertiary/aromatic N) is 1. The molecule has 0 unspecified atom stereocenters. The average molecular weight is 251 g/mol. The van der Waals surface area contributed by atoms with Gasteiger partial charge in [0, 0.05) is 24.7 Å². The quantitative estimate of drug-likeness (QED) is 0.855. The first-order valence-electron chi connectivity index (χ1n) is 5.86. The number of hydrogen-bond donors (Lipinski definition) is 1. The summed E-state index contributed by atoms with van der Waals surface area (Å²) in [6, 6.07) is 3.51. The second-order valence-electron chi connectivity index (χ2n) is 4.12. The molecule has 1 N–H and O–H groups in total.